The van der Waals surface area contributed by atoms with E-state index >= 15 is 4.79 Å². The number of nitrogens with one attached hydrogen (secondary N) is 2. The molecule has 0 radical (unpaired) electrons. The van der Waals surface area contributed by atoms with E-state index in [1.807, 2.05) is 24.5 Å². The maximum absolute atomic E-state index is 15.0. The molecule has 260 valence electrons. The summed E-state index contributed by atoms with van der Waals surface area (Å²) in [5.41, 5.74) is 1.69. The lowest BCUT2D eigenvalue weighted by atomic mass is 9.88. The van der Waals surface area contributed by atoms with Gasteiger partial charge in [0.25, 0.3) is 0 Å². The van der Waals surface area contributed by atoms with Crippen molar-refractivity contribution in [2.45, 2.75) is 50.9 Å². The summed E-state index contributed by atoms with van der Waals surface area (Å²) < 4.78 is 0. The number of rotatable bonds is 12. The zero-order valence-electron chi connectivity index (χ0n) is 30.0. The predicted octanol–water partition coefficient (Wildman–Crippen LogP) is 2.65. The molecule has 13 nitrogen and oxygen atoms in total. The summed E-state index contributed by atoms with van der Waals surface area (Å²) in [7, 11) is 12.6. The zero-order valence-corrected chi connectivity index (χ0v) is 30.0. The van der Waals surface area contributed by atoms with Crippen molar-refractivity contribution in [1.82, 2.24) is 49.5 Å². The van der Waals surface area contributed by atoms with Crippen LogP contribution in [0.2, 0.25) is 0 Å². The zero-order chi connectivity index (χ0) is 34.1. The number of aromatic amines is 2. The minimum atomic E-state index is -0.220. The third-order valence-electron chi connectivity index (χ3n) is 10.8. The van der Waals surface area contributed by atoms with E-state index in [2.05, 4.69) is 105 Å². The summed E-state index contributed by atoms with van der Waals surface area (Å²) in [6, 6.07) is 4.08. The number of hydrogen-bond donors (Lipinski definition) is 2. The smallest absolute Gasteiger partial charge is 0.169 e. The van der Waals surface area contributed by atoms with Crippen molar-refractivity contribution in [3.8, 4) is 0 Å². The average Bonchev–Trinajstić information content (AvgIpc) is 3.76. The number of anilines is 2. The molecule has 0 bridgehead atoms. The predicted molar refractivity (Wildman–Crippen MR) is 193 cm³/mol. The van der Waals surface area contributed by atoms with Gasteiger partial charge in [-0.15, -0.1) is 0 Å². The van der Waals surface area contributed by atoms with Gasteiger partial charge in [0.05, 0.1) is 22.9 Å². The molecule has 6 heterocycles. The van der Waals surface area contributed by atoms with E-state index in [0.717, 1.165) is 72.7 Å². The SMILES string of the molecule is CC1CCN(C(CN(C)C)C(=O)C(CN(C)C)N2CCC(C)C(N(C)c3ncnc4[nH]ccc34)C2)CC1N(C)c1ncnc2[nH]ccc12. The Balaban J connectivity index is 1.25. The maximum atomic E-state index is 15.0. The van der Waals surface area contributed by atoms with Gasteiger partial charge in [-0.2, -0.15) is 0 Å². The highest BCUT2D eigenvalue weighted by Crippen LogP contribution is 2.32. The lowest BCUT2D eigenvalue weighted by molar-refractivity contribution is -0.132. The fraction of sp³-hybridized carbons (Fsp3) is 0.629. The molecule has 6 unspecified atom stereocenters. The molecule has 4 aromatic rings. The van der Waals surface area contributed by atoms with Gasteiger partial charge in [0.2, 0.25) is 0 Å². The second-order valence-electron chi connectivity index (χ2n) is 14.7. The van der Waals surface area contributed by atoms with Crippen molar-refractivity contribution in [3.63, 3.8) is 0 Å². The van der Waals surface area contributed by atoms with Gasteiger partial charge >= 0.3 is 0 Å². The standard InChI is InChI=1S/C35H54N12O/c1-23-11-15-46(19-27(23)44(7)34-25-9-13-36-32(25)38-21-40-34)29(17-42(3)4)31(48)30(18-43(5)6)47-16-12-24(2)28(20-47)45(8)35-26-10-14-37-33(26)39-22-41-35/h9-10,13-14,21-24,27-30H,11-12,15-20H2,1-8H3,(H,36,38,40)(H,37,39,41). The van der Waals surface area contributed by atoms with Crippen molar-refractivity contribution in [1.29, 1.82) is 0 Å². The number of nitrogens with zero attached hydrogens (tertiary/aromatic N) is 10. The van der Waals surface area contributed by atoms with Gasteiger partial charge in [-0.05, 0) is 78.1 Å². The van der Waals surface area contributed by atoms with Crippen LogP contribution in [-0.2, 0) is 4.79 Å². The number of H-pyrrole nitrogens is 2. The summed E-state index contributed by atoms with van der Waals surface area (Å²) >= 11 is 0. The van der Waals surface area contributed by atoms with Gasteiger partial charge in [0.1, 0.15) is 35.6 Å². The number of likely N-dealkylation sites (tertiary alicyclic amines) is 2. The molecule has 0 aliphatic carbocycles. The summed E-state index contributed by atoms with van der Waals surface area (Å²) in [6.45, 7) is 9.43. The van der Waals surface area contributed by atoms with Gasteiger partial charge in [0.15, 0.2) is 5.78 Å². The minimum Gasteiger partial charge on any atom is -0.354 e. The molecule has 2 saturated heterocycles. The molecule has 2 fully saturated rings. The highest BCUT2D eigenvalue weighted by molar-refractivity contribution is 5.90. The topological polar surface area (TPSA) is 120 Å². The fourth-order valence-corrected chi connectivity index (χ4v) is 8.00. The van der Waals surface area contributed by atoms with Crippen molar-refractivity contribution in [2.24, 2.45) is 11.8 Å². The molecule has 2 aliphatic rings. The van der Waals surface area contributed by atoms with Crippen LogP contribution in [0.15, 0.2) is 37.2 Å². The van der Waals surface area contributed by atoms with E-state index in [-0.39, 0.29) is 24.2 Å². The van der Waals surface area contributed by atoms with E-state index in [1.165, 1.54) is 0 Å². The van der Waals surface area contributed by atoms with Crippen LogP contribution < -0.4 is 9.80 Å². The molecule has 4 aromatic heterocycles. The molecule has 0 amide bonds. The van der Waals surface area contributed by atoms with Crippen molar-refractivity contribution in [2.75, 3.05) is 91.4 Å². The van der Waals surface area contributed by atoms with Crippen molar-refractivity contribution >= 4 is 39.5 Å². The van der Waals surface area contributed by atoms with Gasteiger partial charge in [-0.3, -0.25) is 14.6 Å². The van der Waals surface area contributed by atoms with Gasteiger partial charge < -0.3 is 29.6 Å². The van der Waals surface area contributed by atoms with Crippen LogP contribution in [0, 0.1) is 11.8 Å². The Bertz CT molecular complexity index is 1550. The van der Waals surface area contributed by atoms with E-state index in [1.54, 1.807) is 12.7 Å². The van der Waals surface area contributed by atoms with E-state index in [0.29, 0.717) is 30.7 Å². The van der Waals surface area contributed by atoms with Crippen LogP contribution >= 0.6 is 0 Å². The molecule has 0 saturated carbocycles. The first-order valence-electron chi connectivity index (χ1n) is 17.4. The molecule has 2 N–H and O–H groups in total. The number of ketones is 1. The number of hydrogen-bond acceptors (Lipinski definition) is 11. The number of Topliss-reactive ketones (excluding diaryl/α,β-unsaturated/α-hetero) is 1. The van der Waals surface area contributed by atoms with Crippen molar-refractivity contribution in [3.05, 3.63) is 37.2 Å². The van der Waals surface area contributed by atoms with Crippen LogP contribution in [0.5, 0.6) is 0 Å². The van der Waals surface area contributed by atoms with Crippen LogP contribution in [0.1, 0.15) is 26.7 Å². The highest BCUT2D eigenvalue weighted by Gasteiger charge is 2.42. The van der Waals surface area contributed by atoms with E-state index < -0.39 is 0 Å². The first-order valence-corrected chi connectivity index (χ1v) is 17.4. The normalized spacial score (nSPS) is 24.0. The summed E-state index contributed by atoms with van der Waals surface area (Å²) in [6.07, 6.45) is 9.15. The first-order chi connectivity index (χ1) is 23.0. The molecule has 2 aliphatic heterocycles. The van der Waals surface area contributed by atoms with Crippen molar-refractivity contribution < 1.29 is 4.79 Å². The number of likely N-dealkylation sites (N-methyl/N-ethyl adjacent to an activating group) is 4. The van der Waals surface area contributed by atoms with Crippen LogP contribution in [0.3, 0.4) is 0 Å². The van der Waals surface area contributed by atoms with Gasteiger partial charge in [-0.25, -0.2) is 19.9 Å². The summed E-state index contributed by atoms with van der Waals surface area (Å²) in [5, 5.41) is 2.05. The molecule has 0 aromatic carbocycles. The first kappa shape index (κ1) is 34.2. The highest BCUT2D eigenvalue weighted by atomic mass is 16.1. The lowest BCUT2D eigenvalue weighted by Gasteiger charge is -2.48. The molecule has 13 heteroatoms. The Morgan fingerprint density at radius 2 is 1.15 bits per heavy atom. The van der Waals surface area contributed by atoms with Crippen LogP contribution in [0.4, 0.5) is 11.6 Å². The minimum absolute atomic E-state index is 0.212. The number of carbonyl (C=O) groups excluding carboxylic acids is 1. The third-order valence-corrected chi connectivity index (χ3v) is 10.8. The van der Waals surface area contributed by atoms with Gasteiger partial charge in [-0.1, -0.05) is 13.8 Å². The Morgan fingerprint density at radius 3 is 1.54 bits per heavy atom. The Morgan fingerprint density at radius 1 is 0.729 bits per heavy atom. The molecule has 6 atom stereocenters. The fourth-order valence-electron chi connectivity index (χ4n) is 8.00. The Hall–Kier alpha value is -3.65. The number of fused-ring (bicyclic) bond motifs is 2. The lowest BCUT2D eigenvalue weighted by Crippen LogP contribution is -2.63. The van der Waals surface area contributed by atoms with Crippen LogP contribution in [0.25, 0.3) is 22.1 Å². The molecule has 48 heavy (non-hydrogen) atoms. The molecule has 6 rings (SSSR count). The summed E-state index contributed by atoms with van der Waals surface area (Å²) in [5.74, 6) is 3.08. The number of carbonyl (C=O) groups is 1. The Labute approximate surface area is 284 Å². The second kappa shape index (κ2) is 14.5. The van der Waals surface area contributed by atoms with Gasteiger partial charge in [0, 0.05) is 64.8 Å². The van der Waals surface area contributed by atoms with E-state index in [4.69, 9.17) is 9.97 Å². The van der Waals surface area contributed by atoms with Crippen LogP contribution in [-0.4, -0.2) is 161 Å². The largest absolute Gasteiger partial charge is 0.354 e. The molecule has 0 spiro atoms. The second-order valence-corrected chi connectivity index (χ2v) is 14.7. The van der Waals surface area contributed by atoms with E-state index in [9.17, 15) is 0 Å². The monoisotopic (exact) mass is 658 g/mol. The molecular formula is C35H54N12O. The third kappa shape index (κ3) is 6.91. The summed E-state index contributed by atoms with van der Waals surface area (Å²) in [4.78, 5) is 53.6. The Kier molecular flexibility index (Phi) is 10.3. The average molecular weight is 659 g/mol. The number of aromatic nitrogens is 6. The quantitative estimate of drug-likeness (QED) is 0.234. The number of piperidine rings is 2. The molecular weight excluding hydrogens is 604 g/mol. The maximum Gasteiger partial charge on any atom is 0.169 e.